The van der Waals surface area contributed by atoms with Crippen LogP contribution in [-0.4, -0.2) is 0 Å². The first kappa shape index (κ1) is 7.84. The van der Waals surface area contributed by atoms with Gasteiger partial charge in [0.1, 0.15) is 0 Å². The fourth-order valence-corrected chi connectivity index (χ4v) is 1.49. The van der Waals surface area contributed by atoms with Gasteiger partial charge in [-0.05, 0) is 36.7 Å². The average molecular weight is 137 g/mol. The quantitative estimate of drug-likeness (QED) is 0.481. The maximum atomic E-state index is 3.26. The molecule has 0 saturated heterocycles. The number of hydrogen-bond acceptors (Lipinski definition) is 0. The molecule has 0 fully saturated rings. The monoisotopic (exact) mass is 137 g/mol. The van der Waals surface area contributed by atoms with Crippen LogP contribution >= 0.6 is 0 Å². The van der Waals surface area contributed by atoms with Crippen molar-refractivity contribution in [2.45, 2.75) is 40.0 Å². The predicted octanol–water partition coefficient (Wildman–Crippen LogP) is 3.19. The zero-order valence-corrected chi connectivity index (χ0v) is 7.28. The van der Waals surface area contributed by atoms with Crippen molar-refractivity contribution in [1.29, 1.82) is 0 Å². The third-order valence-electron chi connectivity index (χ3n) is 2.41. The summed E-state index contributed by atoms with van der Waals surface area (Å²) in [4.78, 5) is 0. The van der Waals surface area contributed by atoms with Gasteiger partial charge < -0.3 is 0 Å². The largest absolute Gasteiger partial charge is 0.0808 e. The Morgan fingerprint density at radius 1 is 1.40 bits per heavy atom. The zero-order valence-electron chi connectivity index (χ0n) is 7.28. The van der Waals surface area contributed by atoms with Crippen LogP contribution in [0.5, 0.6) is 0 Å². The van der Waals surface area contributed by atoms with E-state index >= 15 is 0 Å². The van der Waals surface area contributed by atoms with Crippen LogP contribution in [0.3, 0.4) is 0 Å². The first-order chi connectivity index (χ1) is 4.61. The molecule has 57 valence electrons. The molecular formula is C10H17. The summed E-state index contributed by atoms with van der Waals surface area (Å²) in [7, 11) is 0. The third kappa shape index (κ3) is 1.86. The average Bonchev–Trinajstić information content (AvgIpc) is 1.88. The van der Waals surface area contributed by atoms with Gasteiger partial charge in [-0.25, -0.2) is 0 Å². The van der Waals surface area contributed by atoms with Crippen LogP contribution in [0.15, 0.2) is 6.08 Å². The Kier molecular flexibility index (Phi) is 2.18. The van der Waals surface area contributed by atoms with E-state index in [4.69, 9.17) is 0 Å². The summed E-state index contributed by atoms with van der Waals surface area (Å²) in [5, 5.41) is 0. The van der Waals surface area contributed by atoms with Crippen LogP contribution < -0.4 is 0 Å². The summed E-state index contributed by atoms with van der Waals surface area (Å²) >= 11 is 0. The lowest BCUT2D eigenvalue weighted by atomic mass is 9.74. The van der Waals surface area contributed by atoms with Crippen molar-refractivity contribution >= 4 is 0 Å². The first-order valence-electron chi connectivity index (χ1n) is 4.16. The summed E-state index contributed by atoms with van der Waals surface area (Å²) in [6.07, 6.45) is 9.21. The SMILES string of the molecule is CC(C)(C)[C@@H]1CC=[C]CC1. The summed E-state index contributed by atoms with van der Waals surface area (Å²) in [6, 6.07) is 0. The molecular weight excluding hydrogens is 120 g/mol. The first-order valence-corrected chi connectivity index (χ1v) is 4.16. The van der Waals surface area contributed by atoms with Crippen molar-refractivity contribution in [3.05, 3.63) is 12.2 Å². The van der Waals surface area contributed by atoms with E-state index in [2.05, 4.69) is 32.9 Å². The standard InChI is InChI=1S/C10H17/c1-10(2,3)9-7-5-4-6-8-9/h5,9H,6-8H2,1-3H3/t9-/m1/s1. The van der Waals surface area contributed by atoms with Crippen molar-refractivity contribution in [2.24, 2.45) is 11.3 Å². The van der Waals surface area contributed by atoms with Gasteiger partial charge in [0.05, 0.1) is 0 Å². The third-order valence-corrected chi connectivity index (χ3v) is 2.41. The van der Waals surface area contributed by atoms with E-state index in [0.717, 1.165) is 5.92 Å². The molecule has 1 aliphatic rings. The molecule has 0 heteroatoms. The molecule has 0 N–H and O–H groups in total. The Labute approximate surface area is 64.3 Å². The minimum absolute atomic E-state index is 0.499. The fraction of sp³-hybridized carbons (Fsp3) is 0.800. The van der Waals surface area contributed by atoms with Gasteiger partial charge in [0.2, 0.25) is 0 Å². The van der Waals surface area contributed by atoms with E-state index in [1.807, 2.05) is 0 Å². The topological polar surface area (TPSA) is 0 Å². The van der Waals surface area contributed by atoms with E-state index in [1.54, 1.807) is 0 Å². The highest BCUT2D eigenvalue weighted by atomic mass is 14.3. The van der Waals surface area contributed by atoms with Crippen LogP contribution in [0.4, 0.5) is 0 Å². The van der Waals surface area contributed by atoms with Crippen LogP contribution in [0.25, 0.3) is 0 Å². The van der Waals surface area contributed by atoms with Gasteiger partial charge in [0, 0.05) is 0 Å². The molecule has 1 atom stereocenters. The van der Waals surface area contributed by atoms with Crippen molar-refractivity contribution < 1.29 is 0 Å². The lowest BCUT2D eigenvalue weighted by molar-refractivity contribution is 0.222. The van der Waals surface area contributed by atoms with Gasteiger partial charge in [0.25, 0.3) is 0 Å². The Morgan fingerprint density at radius 2 is 2.10 bits per heavy atom. The molecule has 10 heavy (non-hydrogen) atoms. The van der Waals surface area contributed by atoms with Gasteiger partial charge in [-0.2, -0.15) is 0 Å². The van der Waals surface area contributed by atoms with Gasteiger partial charge in [0.15, 0.2) is 0 Å². The summed E-state index contributed by atoms with van der Waals surface area (Å²) < 4.78 is 0. The Bertz CT molecular complexity index is 125. The van der Waals surface area contributed by atoms with Gasteiger partial charge in [-0.15, -0.1) is 0 Å². The number of rotatable bonds is 0. The Morgan fingerprint density at radius 3 is 2.40 bits per heavy atom. The summed E-state index contributed by atoms with van der Waals surface area (Å²) in [5.74, 6) is 0.883. The summed E-state index contributed by atoms with van der Waals surface area (Å²) in [5.41, 5.74) is 0.499. The van der Waals surface area contributed by atoms with E-state index in [1.165, 1.54) is 19.3 Å². The minimum Gasteiger partial charge on any atom is -0.0808 e. The van der Waals surface area contributed by atoms with Crippen LogP contribution in [0, 0.1) is 17.4 Å². The molecule has 1 radical (unpaired) electrons. The second kappa shape index (κ2) is 2.77. The van der Waals surface area contributed by atoms with Crippen LogP contribution in [0.1, 0.15) is 40.0 Å². The van der Waals surface area contributed by atoms with Crippen molar-refractivity contribution in [2.75, 3.05) is 0 Å². The fourth-order valence-electron chi connectivity index (χ4n) is 1.49. The molecule has 0 unspecified atom stereocenters. The van der Waals surface area contributed by atoms with Crippen LogP contribution in [-0.2, 0) is 0 Å². The predicted molar refractivity (Wildman–Crippen MR) is 44.6 cm³/mol. The molecule has 0 amide bonds. The van der Waals surface area contributed by atoms with Crippen molar-refractivity contribution in [3.8, 4) is 0 Å². The molecule has 0 aromatic rings. The van der Waals surface area contributed by atoms with Crippen LogP contribution in [0.2, 0.25) is 0 Å². The normalized spacial score (nSPS) is 26.9. The van der Waals surface area contributed by atoms with E-state index in [0.29, 0.717) is 5.41 Å². The molecule has 0 heterocycles. The molecule has 1 rings (SSSR count). The molecule has 0 aliphatic heterocycles. The van der Waals surface area contributed by atoms with E-state index in [9.17, 15) is 0 Å². The van der Waals surface area contributed by atoms with Gasteiger partial charge >= 0.3 is 0 Å². The maximum absolute atomic E-state index is 3.26. The lowest BCUT2D eigenvalue weighted by Crippen LogP contribution is -2.21. The smallest absolute Gasteiger partial charge is 0.0276 e. The van der Waals surface area contributed by atoms with Gasteiger partial charge in [-0.3, -0.25) is 0 Å². The van der Waals surface area contributed by atoms with E-state index in [-0.39, 0.29) is 0 Å². The molecule has 0 saturated carbocycles. The van der Waals surface area contributed by atoms with Crippen molar-refractivity contribution in [1.82, 2.24) is 0 Å². The van der Waals surface area contributed by atoms with Crippen molar-refractivity contribution in [3.63, 3.8) is 0 Å². The molecule has 0 aromatic heterocycles. The van der Waals surface area contributed by atoms with Gasteiger partial charge in [-0.1, -0.05) is 26.8 Å². The highest BCUT2D eigenvalue weighted by Crippen LogP contribution is 2.34. The zero-order chi connectivity index (χ0) is 7.61. The maximum Gasteiger partial charge on any atom is -0.0276 e. The molecule has 0 nitrogen and oxygen atoms in total. The minimum atomic E-state index is 0.499. The molecule has 0 aromatic carbocycles. The molecule has 0 spiro atoms. The second-order valence-corrected chi connectivity index (χ2v) is 4.25. The Balaban J connectivity index is 2.49. The Hall–Kier alpha value is -0.260. The van der Waals surface area contributed by atoms with E-state index < -0.39 is 0 Å². The number of allylic oxidation sites excluding steroid dienone is 2. The highest BCUT2D eigenvalue weighted by molar-refractivity contribution is 4.88. The lowest BCUT2D eigenvalue weighted by Gasteiger charge is -2.31. The summed E-state index contributed by atoms with van der Waals surface area (Å²) in [6.45, 7) is 6.99. The second-order valence-electron chi connectivity index (χ2n) is 4.25. The molecule has 0 bridgehead atoms. The number of hydrogen-bond donors (Lipinski definition) is 0. The molecule has 1 aliphatic carbocycles. The highest BCUT2D eigenvalue weighted by Gasteiger charge is 2.23.